The van der Waals surface area contributed by atoms with Crippen LogP contribution in [0.15, 0.2) is 0 Å². The summed E-state index contributed by atoms with van der Waals surface area (Å²) in [5, 5.41) is 26.9. The van der Waals surface area contributed by atoms with Crippen molar-refractivity contribution in [3.05, 3.63) is 0 Å². The summed E-state index contributed by atoms with van der Waals surface area (Å²) in [4.78, 5) is 12.0. The van der Waals surface area contributed by atoms with Gasteiger partial charge in [-0.05, 0) is 111 Å². The Balaban J connectivity index is 1.16. The molecule has 0 aromatic heterocycles. The monoisotopic (exact) mass is 617 g/mol. The van der Waals surface area contributed by atoms with E-state index in [4.69, 9.17) is 18.9 Å². The molecule has 2 spiro atoms. The van der Waals surface area contributed by atoms with Crippen LogP contribution in [0, 0.1) is 50.7 Å². The molecule has 8 nitrogen and oxygen atoms in total. The fourth-order valence-corrected chi connectivity index (χ4v) is 13.4. The highest BCUT2D eigenvalue weighted by molar-refractivity contribution is 5.66. The first-order chi connectivity index (χ1) is 20.5. The predicted molar refractivity (Wildman–Crippen MR) is 165 cm³/mol. The van der Waals surface area contributed by atoms with Gasteiger partial charge in [0.15, 0.2) is 12.4 Å². The van der Waals surface area contributed by atoms with Gasteiger partial charge in [0, 0.05) is 25.4 Å². The number of nitrogens with one attached hydrogen (secondary N) is 1. The Morgan fingerprint density at radius 3 is 2.41 bits per heavy atom. The molecule has 0 aromatic rings. The molecule has 7 aliphatic rings. The molecule has 4 unspecified atom stereocenters. The first-order valence-electron chi connectivity index (χ1n) is 17.7. The van der Waals surface area contributed by atoms with E-state index in [2.05, 4.69) is 39.9 Å². The van der Waals surface area contributed by atoms with Crippen LogP contribution in [0.2, 0.25) is 0 Å². The van der Waals surface area contributed by atoms with Crippen LogP contribution in [0.1, 0.15) is 107 Å². The molecule has 2 aliphatic heterocycles. The first kappa shape index (κ1) is 31.8. The molecule has 2 heterocycles. The van der Waals surface area contributed by atoms with Crippen LogP contribution < -0.4 is 5.32 Å². The molecule has 3 N–H and O–H groups in total. The standard InChI is InChI=1S/C36H59NO7/c1-20-17-22(30(32(5,6)40)42-21(2)38)43-28-27(20)33(7)13-14-36-19-35(36)12-11-25(44-26-18-37-15-16-41-26)31(3,4)23(35)9-10-24(36)34(33,8)29(28)39/h20,22-30,37,39-40H,9-19H2,1-8H3/t20-,22?,23+,24+,25+,26+,27?,28?,29+,30+,33-,34-,35-,36?/m1/s1. The second-order valence-electron chi connectivity index (χ2n) is 17.9. The van der Waals surface area contributed by atoms with Crippen LogP contribution >= 0.6 is 0 Å². The number of esters is 1. The van der Waals surface area contributed by atoms with E-state index in [-0.39, 0.29) is 52.0 Å². The molecular weight excluding hydrogens is 558 g/mol. The fourth-order valence-electron chi connectivity index (χ4n) is 13.4. The van der Waals surface area contributed by atoms with E-state index in [9.17, 15) is 15.0 Å². The van der Waals surface area contributed by atoms with Crippen LogP contribution in [-0.2, 0) is 23.7 Å². The van der Waals surface area contributed by atoms with Crippen molar-refractivity contribution < 1.29 is 34.0 Å². The summed E-state index contributed by atoms with van der Waals surface area (Å²) in [5.74, 6) is 1.16. The lowest BCUT2D eigenvalue weighted by molar-refractivity contribution is -0.237. The number of hydrogen-bond donors (Lipinski definition) is 3. The minimum Gasteiger partial charge on any atom is -0.457 e. The smallest absolute Gasteiger partial charge is 0.303 e. The first-order valence-corrected chi connectivity index (χ1v) is 17.7. The van der Waals surface area contributed by atoms with Gasteiger partial charge >= 0.3 is 5.97 Å². The highest BCUT2D eigenvalue weighted by atomic mass is 16.7. The van der Waals surface area contributed by atoms with Crippen molar-refractivity contribution in [1.29, 1.82) is 0 Å². The Labute approximate surface area is 264 Å². The third kappa shape index (κ3) is 4.12. The topological polar surface area (TPSA) is 106 Å². The number of rotatable bonds is 5. The molecule has 8 heteroatoms. The van der Waals surface area contributed by atoms with E-state index in [1.54, 1.807) is 13.8 Å². The molecule has 44 heavy (non-hydrogen) atoms. The maximum Gasteiger partial charge on any atom is 0.303 e. The number of morpholine rings is 1. The predicted octanol–water partition coefficient (Wildman–Crippen LogP) is 4.83. The highest BCUT2D eigenvalue weighted by Gasteiger charge is 2.84. The summed E-state index contributed by atoms with van der Waals surface area (Å²) in [6, 6.07) is 0. The van der Waals surface area contributed by atoms with Crippen LogP contribution in [0.25, 0.3) is 0 Å². The number of fused-ring (bicyclic) bond motifs is 4. The number of hydrogen-bond acceptors (Lipinski definition) is 8. The molecule has 2 saturated heterocycles. The average molecular weight is 618 g/mol. The van der Waals surface area contributed by atoms with Crippen LogP contribution in [-0.4, -0.2) is 78.3 Å². The van der Waals surface area contributed by atoms with Gasteiger partial charge in [-0.3, -0.25) is 4.79 Å². The lowest BCUT2D eigenvalue weighted by atomic mass is 9.41. The number of carbonyl (C=O) groups excluding carboxylic acids is 1. The van der Waals surface area contributed by atoms with Crippen molar-refractivity contribution in [3.63, 3.8) is 0 Å². The zero-order valence-electron chi connectivity index (χ0n) is 28.5. The number of ether oxygens (including phenoxy) is 4. The molecular formula is C36H59NO7. The van der Waals surface area contributed by atoms with Crippen molar-refractivity contribution in [2.24, 2.45) is 50.7 Å². The third-order valence-electron chi connectivity index (χ3n) is 15.3. The average Bonchev–Trinajstić information content (AvgIpc) is 3.58. The summed E-state index contributed by atoms with van der Waals surface area (Å²) in [6.45, 7) is 19.2. The summed E-state index contributed by atoms with van der Waals surface area (Å²) in [5.41, 5.74) is -0.862. The number of carbonyl (C=O) groups is 1. The highest BCUT2D eigenvalue weighted by Crippen LogP contribution is 2.89. The zero-order valence-corrected chi connectivity index (χ0v) is 28.5. The molecule has 7 fully saturated rings. The normalized spacial score (nSPS) is 53.3. The summed E-state index contributed by atoms with van der Waals surface area (Å²) < 4.78 is 25.2. The number of aliphatic hydroxyl groups is 2. The Morgan fingerprint density at radius 2 is 1.75 bits per heavy atom. The Hall–Kier alpha value is -0.770. The van der Waals surface area contributed by atoms with Gasteiger partial charge in [-0.25, -0.2) is 0 Å². The second-order valence-corrected chi connectivity index (χ2v) is 17.9. The van der Waals surface area contributed by atoms with E-state index in [0.29, 0.717) is 30.3 Å². The van der Waals surface area contributed by atoms with Crippen molar-refractivity contribution in [3.8, 4) is 0 Å². The van der Waals surface area contributed by atoms with E-state index in [1.807, 2.05) is 0 Å². The second kappa shape index (κ2) is 10.1. The molecule has 5 aliphatic carbocycles. The van der Waals surface area contributed by atoms with Crippen LogP contribution in [0.5, 0.6) is 0 Å². The van der Waals surface area contributed by atoms with Gasteiger partial charge in [0.2, 0.25) is 0 Å². The Kier molecular flexibility index (Phi) is 7.32. The molecule has 0 aromatic carbocycles. The number of aliphatic hydroxyl groups excluding tert-OH is 1. The molecule has 5 saturated carbocycles. The lowest BCUT2D eigenvalue weighted by Crippen LogP contribution is -2.60. The Bertz CT molecular complexity index is 1150. The minimum absolute atomic E-state index is 0.0409. The van der Waals surface area contributed by atoms with Gasteiger partial charge < -0.3 is 34.5 Å². The van der Waals surface area contributed by atoms with E-state index >= 15 is 0 Å². The fraction of sp³-hybridized carbons (Fsp3) is 0.972. The minimum atomic E-state index is -1.25. The van der Waals surface area contributed by atoms with E-state index in [0.717, 1.165) is 32.4 Å². The molecule has 0 radical (unpaired) electrons. The Morgan fingerprint density at radius 1 is 1.05 bits per heavy atom. The quantitative estimate of drug-likeness (QED) is 0.377. The van der Waals surface area contributed by atoms with Crippen molar-refractivity contribution in [2.45, 2.75) is 149 Å². The largest absolute Gasteiger partial charge is 0.457 e. The van der Waals surface area contributed by atoms with Gasteiger partial charge in [-0.1, -0.05) is 34.6 Å². The molecule has 250 valence electrons. The van der Waals surface area contributed by atoms with E-state index < -0.39 is 29.9 Å². The van der Waals surface area contributed by atoms with Crippen molar-refractivity contribution in [2.75, 3.05) is 19.7 Å². The SMILES string of the molecule is CC(=O)O[C@@H](C1C[C@@H](C)C2C(O1)[C@H](O)[C@@]1(C)[C@@H]3CC[C@H]4C(C)(C)[C@@H](O[C@H]5CNCCO5)CC[C@@]45CC35CC[C@]21C)C(C)(C)O. The van der Waals surface area contributed by atoms with Crippen LogP contribution in [0.4, 0.5) is 0 Å². The molecule has 7 rings (SSSR count). The summed E-state index contributed by atoms with van der Waals surface area (Å²) >= 11 is 0. The van der Waals surface area contributed by atoms with Gasteiger partial charge in [0.25, 0.3) is 0 Å². The van der Waals surface area contributed by atoms with Crippen LogP contribution in [0.3, 0.4) is 0 Å². The van der Waals surface area contributed by atoms with Crippen molar-refractivity contribution >= 4 is 5.97 Å². The van der Waals surface area contributed by atoms with Gasteiger partial charge in [-0.2, -0.15) is 0 Å². The van der Waals surface area contributed by atoms with E-state index in [1.165, 1.54) is 32.6 Å². The maximum atomic E-state index is 12.5. The maximum absolute atomic E-state index is 12.5. The van der Waals surface area contributed by atoms with Gasteiger partial charge in [0.05, 0.1) is 36.6 Å². The summed E-state index contributed by atoms with van der Waals surface area (Å²) in [6.07, 6.45) is 6.87. The lowest BCUT2D eigenvalue weighted by Gasteiger charge is -2.64. The third-order valence-corrected chi connectivity index (χ3v) is 15.3. The summed E-state index contributed by atoms with van der Waals surface area (Å²) in [7, 11) is 0. The molecule has 0 bridgehead atoms. The van der Waals surface area contributed by atoms with Gasteiger partial charge in [0.1, 0.15) is 0 Å². The molecule has 0 amide bonds. The zero-order chi connectivity index (χ0) is 31.7. The van der Waals surface area contributed by atoms with Gasteiger partial charge in [-0.15, -0.1) is 0 Å². The molecule has 14 atom stereocenters. The van der Waals surface area contributed by atoms with Crippen molar-refractivity contribution in [1.82, 2.24) is 5.32 Å².